The van der Waals surface area contributed by atoms with E-state index in [9.17, 15) is 28.7 Å². The predicted molar refractivity (Wildman–Crippen MR) is 74.1 cm³/mol. The van der Waals surface area contributed by atoms with Crippen molar-refractivity contribution in [3.05, 3.63) is 0 Å². The molecule has 0 saturated heterocycles. The van der Waals surface area contributed by atoms with Crippen LogP contribution < -0.4 is 25.3 Å². The van der Waals surface area contributed by atoms with Gasteiger partial charge in [-0.2, -0.15) is 0 Å². The molecule has 0 fully saturated rings. The average Bonchev–Trinajstić information content (AvgIpc) is 2.35. The molecule has 0 aliphatic carbocycles. The van der Waals surface area contributed by atoms with Gasteiger partial charge >= 0.3 is 0 Å². The Morgan fingerprint density at radius 3 is 1.48 bits per heavy atom. The lowest BCUT2D eigenvalue weighted by Crippen LogP contribution is -2.53. The summed E-state index contributed by atoms with van der Waals surface area (Å²) in [6, 6.07) is 0. The van der Waals surface area contributed by atoms with Gasteiger partial charge in [-0.15, -0.1) is 0 Å². The third kappa shape index (κ3) is 4.17. The molecule has 9 heteroatoms. The SMILES string of the molecule is CCC(CC(N)(CC)CC)C(CC)(P(=O)([O-])[O-])P(=O)([O-])[O-]. The predicted octanol–water partition coefficient (Wildman–Crippen LogP) is -0.146. The van der Waals surface area contributed by atoms with Crippen LogP contribution in [0.3, 0.4) is 0 Å². The Bertz CT molecular complexity index is 403. The van der Waals surface area contributed by atoms with Gasteiger partial charge in [-0.3, -0.25) is 0 Å². The van der Waals surface area contributed by atoms with E-state index in [4.69, 9.17) is 5.73 Å². The Labute approximate surface area is 126 Å². The standard InChI is InChI=1S/C12H29NO6P2/c1-5-10(9-11(13,6-2)7-3)12(8-4,20(14,15)16)21(17,18)19/h10H,5-9,13H2,1-4H3,(H2,14,15,16)(H2,17,18,19)/p-4. The fourth-order valence-corrected chi connectivity index (χ4v) is 6.35. The van der Waals surface area contributed by atoms with Crippen LogP contribution in [-0.2, 0) is 9.13 Å². The van der Waals surface area contributed by atoms with Crippen LogP contribution in [-0.4, -0.2) is 10.4 Å². The van der Waals surface area contributed by atoms with Gasteiger partial charge in [0.15, 0.2) is 0 Å². The van der Waals surface area contributed by atoms with Crippen LogP contribution in [0.4, 0.5) is 0 Å². The van der Waals surface area contributed by atoms with E-state index in [1.165, 1.54) is 6.92 Å². The molecule has 0 saturated carbocycles. The Hall–Kier alpha value is 0.260. The first-order valence-corrected chi connectivity index (χ1v) is 10.3. The van der Waals surface area contributed by atoms with Crippen molar-refractivity contribution < 1.29 is 28.7 Å². The maximum Gasteiger partial charge on any atom is 0.0282 e. The molecule has 0 bridgehead atoms. The Morgan fingerprint density at radius 1 is 0.905 bits per heavy atom. The van der Waals surface area contributed by atoms with E-state index in [2.05, 4.69) is 0 Å². The summed E-state index contributed by atoms with van der Waals surface area (Å²) in [4.78, 5) is 43.8. The average molecular weight is 341 g/mol. The van der Waals surface area contributed by atoms with Crippen molar-refractivity contribution in [1.29, 1.82) is 0 Å². The fraction of sp³-hybridized carbons (Fsp3) is 1.00. The Morgan fingerprint density at radius 2 is 1.29 bits per heavy atom. The Kier molecular flexibility index (Phi) is 7.31. The van der Waals surface area contributed by atoms with Gasteiger partial charge < -0.3 is 34.4 Å². The highest BCUT2D eigenvalue weighted by Crippen LogP contribution is 2.68. The van der Waals surface area contributed by atoms with Gasteiger partial charge in [0, 0.05) is 10.4 Å². The zero-order chi connectivity index (χ0) is 17.1. The van der Waals surface area contributed by atoms with E-state index in [-0.39, 0.29) is 12.8 Å². The second-order valence-electron chi connectivity index (χ2n) is 5.61. The first-order chi connectivity index (χ1) is 9.35. The van der Waals surface area contributed by atoms with Crippen LogP contribution >= 0.6 is 15.2 Å². The molecule has 0 amide bonds. The second kappa shape index (κ2) is 7.22. The van der Waals surface area contributed by atoms with Crippen LogP contribution in [0.5, 0.6) is 0 Å². The molecule has 1 unspecified atom stereocenters. The third-order valence-electron chi connectivity index (χ3n) is 4.68. The maximum absolute atomic E-state index is 11.7. The molecule has 0 aromatic heterocycles. The summed E-state index contributed by atoms with van der Waals surface area (Å²) in [5.74, 6) is -1.10. The van der Waals surface area contributed by atoms with Gasteiger partial charge in [-0.25, -0.2) is 0 Å². The number of hydrogen-bond acceptors (Lipinski definition) is 7. The van der Waals surface area contributed by atoms with Crippen LogP contribution in [0, 0.1) is 5.92 Å². The van der Waals surface area contributed by atoms with Gasteiger partial charge in [0.2, 0.25) is 0 Å². The second-order valence-corrected chi connectivity index (χ2v) is 9.54. The molecule has 0 aliphatic rings. The van der Waals surface area contributed by atoms with E-state index in [1.807, 2.05) is 0 Å². The Balaban J connectivity index is 6.03. The fourth-order valence-electron chi connectivity index (χ4n) is 2.94. The molecular formula is C12H25NO6P2-4. The topological polar surface area (TPSA) is 152 Å². The van der Waals surface area contributed by atoms with Crippen molar-refractivity contribution in [3.63, 3.8) is 0 Å². The van der Waals surface area contributed by atoms with E-state index >= 15 is 0 Å². The largest absolute Gasteiger partial charge is 0.810 e. The summed E-state index contributed by atoms with van der Waals surface area (Å²) in [6.45, 7) is 6.40. The van der Waals surface area contributed by atoms with Gasteiger partial charge in [-0.05, 0) is 31.6 Å². The first kappa shape index (κ1) is 21.3. The molecular weight excluding hydrogens is 316 g/mol. The van der Waals surface area contributed by atoms with Crippen molar-refractivity contribution in [3.8, 4) is 0 Å². The minimum atomic E-state index is -5.65. The smallest absolute Gasteiger partial charge is 0.0282 e. The summed E-state index contributed by atoms with van der Waals surface area (Å²) in [7, 11) is -11.3. The van der Waals surface area contributed by atoms with E-state index in [1.54, 1.807) is 20.8 Å². The number of rotatable bonds is 9. The van der Waals surface area contributed by atoms with E-state index in [0.717, 1.165) is 0 Å². The van der Waals surface area contributed by atoms with Crippen LogP contribution in [0.2, 0.25) is 0 Å². The molecule has 0 radical (unpaired) electrons. The van der Waals surface area contributed by atoms with Crippen LogP contribution in [0.15, 0.2) is 0 Å². The van der Waals surface area contributed by atoms with Crippen molar-refractivity contribution in [1.82, 2.24) is 0 Å². The lowest BCUT2D eigenvalue weighted by Gasteiger charge is -2.63. The lowest BCUT2D eigenvalue weighted by atomic mass is 9.80. The zero-order valence-corrected chi connectivity index (χ0v) is 14.8. The monoisotopic (exact) mass is 341 g/mol. The molecule has 0 aromatic carbocycles. The van der Waals surface area contributed by atoms with Gasteiger partial charge in [-0.1, -0.05) is 49.3 Å². The minimum Gasteiger partial charge on any atom is -0.810 e. The van der Waals surface area contributed by atoms with Gasteiger partial charge in [0.05, 0.1) is 0 Å². The van der Waals surface area contributed by atoms with Crippen molar-refractivity contribution in [2.45, 2.75) is 70.2 Å². The molecule has 1 atom stereocenters. The summed E-state index contributed by atoms with van der Waals surface area (Å²) >= 11 is 0. The molecule has 128 valence electrons. The highest BCUT2D eigenvalue weighted by atomic mass is 31.2. The molecule has 21 heavy (non-hydrogen) atoms. The lowest BCUT2D eigenvalue weighted by molar-refractivity contribution is -0.339. The number of hydrogen-bond donors (Lipinski definition) is 1. The highest BCUT2D eigenvalue weighted by molar-refractivity contribution is 7.69. The van der Waals surface area contributed by atoms with Crippen LogP contribution in [0.25, 0.3) is 0 Å². The molecule has 0 aliphatic heterocycles. The van der Waals surface area contributed by atoms with E-state index < -0.39 is 38.0 Å². The number of nitrogens with two attached hydrogens (primary N) is 1. The zero-order valence-electron chi connectivity index (χ0n) is 13.0. The van der Waals surface area contributed by atoms with Crippen molar-refractivity contribution >= 4 is 15.2 Å². The summed E-state index contributed by atoms with van der Waals surface area (Å²) in [6.07, 6.45) is 0.514. The van der Waals surface area contributed by atoms with Crippen molar-refractivity contribution in [2.75, 3.05) is 0 Å². The summed E-state index contributed by atoms with van der Waals surface area (Å²) < 4.78 is 23.3. The minimum absolute atomic E-state index is 0.00722. The molecule has 0 aromatic rings. The van der Waals surface area contributed by atoms with Gasteiger partial charge in [0.25, 0.3) is 0 Å². The molecule has 0 heterocycles. The normalized spacial score (nSPS) is 16.0. The molecule has 0 spiro atoms. The molecule has 2 N–H and O–H groups in total. The van der Waals surface area contributed by atoms with E-state index in [0.29, 0.717) is 12.8 Å². The maximum atomic E-state index is 11.7. The highest BCUT2D eigenvalue weighted by Gasteiger charge is 2.45. The van der Waals surface area contributed by atoms with Gasteiger partial charge in [0.1, 0.15) is 0 Å². The summed E-state index contributed by atoms with van der Waals surface area (Å²) in [5.41, 5.74) is 5.32. The first-order valence-electron chi connectivity index (χ1n) is 7.18. The molecule has 0 rings (SSSR count). The third-order valence-corrected chi connectivity index (χ3v) is 9.41. The molecule has 7 nitrogen and oxygen atoms in total. The summed E-state index contributed by atoms with van der Waals surface area (Å²) in [5, 5.41) is 0. The van der Waals surface area contributed by atoms with Crippen molar-refractivity contribution in [2.24, 2.45) is 11.7 Å². The quantitative estimate of drug-likeness (QED) is 0.572. The van der Waals surface area contributed by atoms with Crippen LogP contribution in [0.1, 0.15) is 59.8 Å².